The Morgan fingerprint density at radius 1 is 1.17 bits per heavy atom. The van der Waals surface area contributed by atoms with Gasteiger partial charge in [0.05, 0.1) is 0 Å². The minimum Gasteiger partial charge on any atom is -0.396 e. The van der Waals surface area contributed by atoms with Crippen molar-refractivity contribution in [3.63, 3.8) is 0 Å². The Morgan fingerprint density at radius 2 is 2.00 bits per heavy atom. The van der Waals surface area contributed by atoms with Crippen LogP contribution in [0.2, 0.25) is 0 Å². The highest BCUT2D eigenvalue weighted by molar-refractivity contribution is 4.55. The van der Waals surface area contributed by atoms with E-state index >= 15 is 0 Å². The molecule has 0 radical (unpaired) electrons. The highest BCUT2D eigenvalue weighted by atomic mass is 16.2. The number of aryl methyl sites for hydroxylation is 1. The molecule has 1 rings (SSSR count). The predicted octanol–water partition coefficient (Wildman–Crippen LogP) is 0.831. The molecule has 1 N–H and O–H groups in total. The lowest BCUT2D eigenvalue weighted by atomic mass is 10.2. The molecule has 0 unspecified atom stereocenters. The van der Waals surface area contributed by atoms with Crippen molar-refractivity contribution >= 4 is 0 Å². The summed E-state index contributed by atoms with van der Waals surface area (Å²) in [5, 5.41) is 12.5. The fraction of sp³-hybridized carbons (Fsp3) is 0.750. The Hall–Kier alpha value is -0.900. The molecule has 0 spiro atoms. The zero-order valence-electron chi connectivity index (χ0n) is 7.19. The van der Waals surface area contributed by atoms with Crippen molar-refractivity contribution in [2.75, 3.05) is 6.61 Å². The topological polar surface area (TPSA) is 50.9 Å². The minimum absolute atomic E-state index is 0.309. The van der Waals surface area contributed by atoms with E-state index < -0.39 is 0 Å². The summed E-state index contributed by atoms with van der Waals surface area (Å²) in [6, 6.07) is 0. The second-order valence-corrected chi connectivity index (χ2v) is 2.80. The van der Waals surface area contributed by atoms with E-state index in [1.807, 2.05) is 4.68 Å². The lowest BCUT2D eigenvalue weighted by Gasteiger charge is -1.99. The molecule has 0 aliphatic heterocycles. The van der Waals surface area contributed by atoms with Crippen LogP contribution in [0.25, 0.3) is 0 Å². The maximum absolute atomic E-state index is 8.52. The Bertz CT molecular complexity index is 186. The van der Waals surface area contributed by atoms with Crippen molar-refractivity contribution in [3.8, 4) is 0 Å². The summed E-state index contributed by atoms with van der Waals surface area (Å²) in [6.45, 7) is 1.24. The van der Waals surface area contributed by atoms with Crippen molar-refractivity contribution < 1.29 is 5.11 Å². The SMILES string of the molecule is OCCCCCCn1cncn1. The van der Waals surface area contributed by atoms with Crippen LogP contribution in [0.1, 0.15) is 25.7 Å². The molecule has 0 atom stereocenters. The normalized spacial score (nSPS) is 10.4. The second kappa shape index (κ2) is 5.71. The molecule has 4 nitrogen and oxygen atoms in total. The van der Waals surface area contributed by atoms with Gasteiger partial charge in [-0.05, 0) is 12.8 Å². The highest BCUT2D eigenvalue weighted by Gasteiger charge is 1.91. The molecule has 4 heteroatoms. The first kappa shape index (κ1) is 9.19. The van der Waals surface area contributed by atoms with Gasteiger partial charge in [0.25, 0.3) is 0 Å². The Balaban J connectivity index is 1.96. The van der Waals surface area contributed by atoms with Crippen molar-refractivity contribution in [3.05, 3.63) is 12.7 Å². The van der Waals surface area contributed by atoms with E-state index in [0.29, 0.717) is 6.61 Å². The summed E-state index contributed by atoms with van der Waals surface area (Å²) in [7, 11) is 0. The first-order valence-corrected chi connectivity index (χ1v) is 4.37. The first-order chi connectivity index (χ1) is 5.93. The monoisotopic (exact) mass is 169 g/mol. The smallest absolute Gasteiger partial charge is 0.137 e. The van der Waals surface area contributed by atoms with Gasteiger partial charge in [-0.3, -0.25) is 4.68 Å². The standard InChI is InChI=1S/C8H15N3O/c12-6-4-2-1-3-5-11-8-9-7-10-11/h7-8,12H,1-6H2. The molecule has 0 saturated carbocycles. The lowest BCUT2D eigenvalue weighted by molar-refractivity contribution is 0.282. The summed E-state index contributed by atoms with van der Waals surface area (Å²) < 4.78 is 1.83. The molecule has 1 heterocycles. The molecule has 0 aliphatic rings. The number of unbranched alkanes of at least 4 members (excludes halogenated alkanes) is 3. The second-order valence-electron chi connectivity index (χ2n) is 2.80. The molecular weight excluding hydrogens is 154 g/mol. The van der Waals surface area contributed by atoms with Gasteiger partial charge in [-0.25, -0.2) is 4.98 Å². The van der Waals surface area contributed by atoms with Crippen LogP contribution in [0, 0.1) is 0 Å². The summed E-state index contributed by atoms with van der Waals surface area (Å²) in [4.78, 5) is 3.85. The quantitative estimate of drug-likeness (QED) is 0.642. The number of nitrogens with zero attached hydrogens (tertiary/aromatic N) is 3. The van der Waals surface area contributed by atoms with Crippen LogP contribution in [0.15, 0.2) is 12.7 Å². The van der Waals surface area contributed by atoms with Crippen molar-refractivity contribution in [2.45, 2.75) is 32.2 Å². The maximum atomic E-state index is 8.52. The number of aliphatic hydroxyl groups excluding tert-OH is 1. The molecule has 0 aliphatic carbocycles. The van der Waals surface area contributed by atoms with Crippen LogP contribution in [0.5, 0.6) is 0 Å². The van der Waals surface area contributed by atoms with Gasteiger partial charge in [0, 0.05) is 13.2 Å². The van der Waals surface area contributed by atoms with E-state index in [9.17, 15) is 0 Å². The van der Waals surface area contributed by atoms with Crippen molar-refractivity contribution in [1.29, 1.82) is 0 Å². The Kier molecular flexibility index (Phi) is 4.37. The molecule has 1 aromatic rings. The summed E-state index contributed by atoms with van der Waals surface area (Å²) in [5.74, 6) is 0. The third kappa shape index (κ3) is 3.48. The van der Waals surface area contributed by atoms with Gasteiger partial charge in [-0.1, -0.05) is 12.8 Å². The van der Waals surface area contributed by atoms with E-state index in [-0.39, 0.29) is 0 Å². The number of hydrogen-bond donors (Lipinski definition) is 1. The maximum Gasteiger partial charge on any atom is 0.137 e. The molecule has 0 amide bonds. The van der Waals surface area contributed by atoms with Gasteiger partial charge in [-0.15, -0.1) is 0 Å². The Morgan fingerprint density at radius 3 is 2.67 bits per heavy atom. The van der Waals surface area contributed by atoms with E-state index in [1.165, 1.54) is 0 Å². The van der Waals surface area contributed by atoms with Crippen LogP contribution < -0.4 is 0 Å². The van der Waals surface area contributed by atoms with Crippen LogP contribution in [0.4, 0.5) is 0 Å². The van der Waals surface area contributed by atoms with Crippen molar-refractivity contribution in [1.82, 2.24) is 14.8 Å². The van der Waals surface area contributed by atoms with Gasteiger partial charge in [0.1, 0.15) is 12.7 Å². The largest absolute Gasteiger partial charge is 0.396 e. The minimum atomic E-state index is 0.309. The van der Waals surface area contributed by atoms with Crippen LogP contribution >= 0.6 is 0 Å². The van der Waals surface area contributed by atoms with Gasteiger partial charge < -0.3 is 5.11 Å². The summed E-state index contributed by atoms with van der Waals surface area (Å²) in [5.41, 5.74) is 0. The van der Waals surface area contributed by atoms with E-state index in [2.05, 4.69) is 10.1 Å². The molecule has 0 bridgehead atoms. The highest BCUT2D eigenvalue weighted by Crippen LogP contribution is 2.00. The van der Waals surface area contributed by atoms with Gasteiger partial charge in [-0.2, -0.15) is 5.10 Å². The number of hydrogen-bond acceptors (Lipinski definition) is 3. The average molecular weight is 169 g/mol. The lowest BCUT2D eigenvalue weighted by Crippen LogP contribution is -1.98. The molecule has 68 valence electrons. The first-order valence-electron chi connectivity index (χ1n) is 4.37. The number of aromatic nitrogens is 3. The Labute approximate surface area is 72.2 Å². The molecule has 0 aromatic carbocycles. The third-order valence-corrected chi connectivity index (χ3v) is 1.76. The third-order valence-electron chi connectivity index (χ3n) is 1.76. The number of rotatable bonds is 6. The summed E-state index contributed by atoms with van der Waals surface area (Å²) in [6.07, 6.45) is 7.56. The molecule has 0 fully saturated rings. The zero-order chi connectivity index (χ0) is 8.65. The zero-order valence-corrected chi connectivity index (χ0v) is 7.19. The average Bonchev–Trinajstić information content (AvgIpc) is 2.57. The van der Waals surface area contributed by atoms with Crippen LogP contribution in [-0.4, -0.2) is 26.5 Å². The summed E-state index contributed by atoms with van der Waals surface area (Å²) >= 11 is 0. The predicted molar refractivity (Wildman–Crippen MR) is 45.6 cm³/mol. The van der Waals surface area contributed by atoms with Gasteiger partial charge in [0.15, 0.2) is 0 Å². The van der Waals surface area contributed by atoms with Crippen molar-refractivity contribution in [2.24, 2.45) is 0 Å². The molecular formula is C8H15N3O. The molecule has 12 heavy (non-hydrogen) atoms. The van der Waals surface area contributed by atoms with E-state index in [0.717, 1.165) is 32.2 Å². The molecule has 0 saturated heterocycles. The fourth-order valence-electron chi connectivity index (χ4n) is 1.09. The van der Waals surface area contributed by atoms with Gasteiger partial charge in [0.2, 0.25) is 0 Å². The van der Waals surface area contributed by atoms with Crippen LogP contribution in [-0.2, 0) is 6.54 Å². The van der Waals surface area contributed by atoms with Crippen LogP contribution in [0.3, 0.4) is 0 Å². The van der Waals surface area contributed by atoms with E-state index in [1.54, 1.807) is 12.7 Å². The van der Waals surface area contributed by atoms with E-state index in [4.69, 9.17) is 5.11 Å². The number of aliphatic hydroxyl groups is 1. The molecule has 1 aromatic heterocycles. The fourth-order valence-corrected chi connectivity index (χ4v) is 1.09. The van der Waals surface area contributed by atoms with Gasteiger partial charge >= 0.3 is 0 Å².